The molecule has 0 bridgehead atoms. The van der Waals surface area contributed by atoms with Gasteiger partial charge >= 0.3 is 6.18 Å². The van der Waals surface area contributed by atoms with Crippen LogP contribution in [-0.2, 0) is 12.7 Å². The fourth-order valence-electron chi connectivity index (χ4n) is 0.977. The number of alkyl halides is 3. The molecule has 0 saturated heterocycles. The van der Waals surface area contributed by atoms with Gasteiger partial charge in [-0.2, -0.15) is 13.2 Å². The summed E-state index contributed by atoms with van der Waals surface area (Å²) in [4.78, 5) is 0. The van der Waals surface area contributed by atoms with Gasteiger partial charge in [-0.3, -0.25) is 3.53 Å². The monoisotopic (exact) mass is 335 g/mol. The third-order valence-corrected chi connectivity index (χ3v) is 2.32. The van der Waals surface area contributed by atoms with E-state index in [-0.39, 0.29) is 5.02 Å². The first-order valence-electron chi connectivity index (χ1n) is 3.64. The normalized spacial score (nSPS) is 11.8. The Balaban J connectivity index is 3.09. The molecule has 78 valence electrons. The van der Waals surface area contributed by atoms with Crippen LogP contribution in [0, 0.1) is 0 Å². The maximum absolute atomic E-state index is 12.4. The number of hydrogen-bond acceptors (Lipinski definition) is 1. The van der Waals surface area contributed by atoms with Gasteiger partial charge < -0.3 is 0 Å². The molecule has 1 rings (SSSR count). The van der Waals surface area contributed by atoms with Crippen molar-refractivity contribution in [2.24, 2.45) is 0 Å². The summed E-state index contributed by atoms with van der Waals surface area (Å²) in [6.07, 6.45) is -4.39. The van der Waals surface area contributed by atoms with Crippen LogP contribution in [0.5, 0.6) is 0 Å². The highest BCUT2D eigenvalue weighted by atomic mass is 127. The standard InChI is InChI=1S/C8H6ClF3IN/c9-7-2-1-5(4-14-13)3-6(7)8(10,11)12/h1-3,14H,4H2. The molecule has 0 amide bonds. The Bertz CT molecular complexity index is 327. The Morgan fingerprint density at radius 1 is 1.36 bits per heavy atom. The second kappa shape index (κ2) is 4.67. The average molecular weight is 335 g/mol. The molecular weight excluding hydrogens is 329 g/mol. The zero-order valence-electron chi connectivity index (χ0n) is 6.83. The Hall–Kier alpha value is -0.0100. The second-order valence-corrected chi connectivity index (χ2v) is 3.79. The Morgan fingerprint density at radius 2 is 2.00 bits per heavy atom. The van der Waals surface area contributed by atoms with E-state index in [2.05, 4.69) is 3.53 Å². The molecule has 1 aromatic rings. The number of hydrogen-bond donors (Lipinski definition) is 1. The van der Waals surface area contributed by atoms with Crippen LogP contribution in [0.1, 0.15) is 11.1 Å². The minimum atomic E-state index is -4.39. The number of benzene rings is 1. The van der Waals surface area contributed by atoms with Crippen molar-refractivity contribution >= 4 is 34.5 Å². The minimum Gasteiger partial charge on any atom is -0.257 e. The largest absolute Gasteiger partial charge is 0.417 e. The summed E-state index contributed by atoms with van der Waals surface area (Å²) in [6.45, 7) is 0.376. The summed E-state index contributed by atoms with van der Waals surface area (Å²) in [5.41, 5.74) is -0.237. The lowest BCUT2D eigenvalue weighted by Crippen LogP contribution is -2.07. The maximum Gasteiger partial charge on any atom is 0.417 e. The smallest absolute Gasteiger partial charge is 0.257 e. The summed E-state index contributed by atoms with van der Waals surface area (Å²) in [6, 6.07) is 3.87. The van der Waals surface area contributed by atoms with E-state index in [4.69, 9.17) is 11.6 Å². The van der Waals surface area contributed by atoms with Gasteiger partial charge in [-0.15, -0.1) is 0 Å². The fraction of sp³-hybridized carbons (Fsp3) is 0.250. The fourth-order valence-corrected chi connectivity index (χ4v) is 1.64. The molecule has 6 heteroatoms. The molecule has 14 heavy (non-hydrogen) atoms. The maximum atomic E-state index is 12.4. The number of nitrogens with one attached hydrogen (secondary N) is 1. The van der Waals surface area contributed by atoms with Gasteiger partial charge in [0, 0.05) is 29.4 Å². The minimum absolute atomic E-state index is 0.269. The van der Waals surface area contributed by atoms with E-state index in [1.165, 1.54) is 6.07 Å². The molecule has 1 nitrogen and oxygen atoms in total. The van der Waals surface area contributed by atoms with E-state index in [9.17, 15) is 13.2 Å². The zero-order valence-corrected chi connectivity index (χ0v) is 9.74. The van der Waals surface area contributed by atoms with Gasteiger partial charge in [0.2, 0.25) is 0 Å². The molecule has 0 unspecified atom stereocenters. The Morgan fingerprint density at radius 3 is 2.50 bits per heavy atom. The first-order valence-corrected chi connectivity index (χ1v) is 5.10. The summed E-state index contributed by atoms with van der Waals surface area (Å²) in [7, 11) is 0. The molecular formula is C8H6ClF3IN. The van der Waals surface area contributed by atoms with Crippen LogP contribution in [0.2, 0.25) is 5.02 Å². The van der Waals surface area contributed by atoms with Crippen molar-refractivity contribution < 1.29 is 13.2 Å². The van der Waals surface area contributed by atoms with Crippen LogP contribution in [0.4, 0.5) is 13.2 Å². The van der Waals surface area contributed by atoms with Crippen molar-refractivity contribution in [3.8, 4) is 0 Å². The van der Waals surface area contributed by atoms with Gasteiger partial charge in [-0.1, -0.05) is 17.7 Å². The van der Waals surface area contributed by atoms with E-state index in [1.807, 2.05) is 22.9 Å². The van der Waals surface area contributed by atoms with Crippen molar-refractivity contribution in [3.63, 3.8) is 0 Å². The first kappa shape index (κ1) is 12.1. The van der Waals surface area contributed by atoms with Gasteiger partial charge in [0.05, 0.1) is 10.6 Å². The molecule has 0 atom stereocenters. The van der Waals surface area contributed by atoms with E-state index < -0.39 is 11.7 Å². The predicted molar refractivity (Wildman–Crippen MR) is 57.3 cm³/mol. The first-order chi connectivity index (χ1) is 6.45. The molecule has 0 fully saturated rings. The van der Waals surface area contributed by atoms with E-state index >= 15 is 0 Å². The van der Waals surface area contributed by atoms with Gasteiger partial charge in [0.25, 0.3) is 0 Å². The Labute approximate surface area is 98.1 Å². The van der Waals surface area contributed by atoms with Crippen LogP contribution in [0.25, 0.3) is 0 Å². The highest BCUT2D eigenvalue weighted by Crippen LogP contribution is 2.35. The highest BCUT2D eigenvalue weighted by molar-refractivity contribution is 14.1. The second-order valence-electron chi connectivity index (χ2n) is 2.62. The lowest BCUT2D eigenvalue weighted by molar-refractivity contribution is -0.137. The third-order valence-electron chi connectivity index (χ3n) is 1.61. The zero-order chi connectivity index (χ0) is 10.8. The number of halogens is 5. The van der Waals surface area contributed by atoms with Crippen molar-refractivity contribution in [1.82, 2.24) is 3.53 Å². The summed E-state index contributed by atoms with van der Waals surface area (Å²) in [5.74, 6) is 0. The predicted octanol–water partition coefficient (Wildman–Crippen LogP) is 3.80. The number of rotatable bonds is 2. The third kappa shape index (κ3) is 2.99. The summed E-state index contributed by atoms with van der Waals surface area (Å²) in [5, 5.41) is -0.269. The van der Waals surface area contributed by atoms with Gasteiger partial charge in [0.15, 0.2) is 0 Å². The van der Waals surface area contributed by atoms with Gasteiger partial charge in [0.1, 0.15) is 0 Å². The van der Waals surface area contributed by atoms with Crippen LogP contribution in [0.15, 0.2) is 18.2 Å². The van der Waals surface area contributed by atoms with Crippen molar-refractivity contribution in [2.45, 2.75) is 12.7 Å². The molecule has 0 aliphatic rings. The van der Waals surface area contributed by atoms with Crippen LogP contribution in [0.3, 0.4) is 0 Å². The van der Waals surface area contributed by atoms with Gasteiger partial charge in [-0.05, 0) is 17.7 Å². The van der Waals surface area contributed by atoms with Gasteiger partial charge in [-0.25, -0.2) is 0 Å². The topological polar surface area (TPSA) is 12.0 Å². The van der Waals surface area contributed by atoms with Crippen molar-refractivity contribution in [1.29, 1.82) is 0 Å². The summed E-state index contributed by atoms with van der Waals surface area (Å²) >= 11 is 7.31. The molecule has 0 aromatic heterocycles. The summed E-state index contributed by atoms with van der Waals surface area (Å²) < 4.78 is 39.8. The van der Waals surface area contributed by atoms with Crippen molar-refractivity contribution in [2.75, 3.05) is 0 Å². The van der Waals surface area contributed by atoms with Crippen molar-refractivity contribution in [3.05, 3.63) is 34.3 Å². The lowest BCUT2D eigenvalue weighted by Gasteiger charge is -2.10. The average Bonchev–Trinajstić information content (AvgIpc) is 2.07. The van der Waals surface area contributed by atoms with Crippen LogP contribution in [-0.4, -0.2) is 0 Å². The molecule has 0 heterocycles. The lowest BCUT2D eigenvalue weighted by atomic mass is 10.1. The molecule has 0 spiro atoms. The SMILES string of the molecule is FC(F)(F)c1cc(CNI)ccc1Cl. The molecule has 0 saturated carbocycles. The quantitative estimate of drug-likeness (QED) is 0.640. The van der Waals surface area contributed by atoms with E-state index in [0.717, 1.165) is 6.07 Å². The Kier molecular flexibility index (Phi) is 4.03. The van der Waals surface area contributed by atoms with Crippen LogP contribution >= 0.6 is 34.5 Å². The molecule has 0 aliphatic heterocycles. The molecule has 1 N–H and O–H groups in total. The highest BCUT2D eigenvalue weighted by Gasteiger charge is 2.33. The van der Waals surface area contributed by atoms with Crippen LogP contribution < -0.4 is 3.53 Å². The molecule has 1 aromatic carbocycles. The van der Waals surface area contributed by atoms with E-state index in [1.54, 1.807) is 6.07 Å². The molecule has 0 radical (unpaired) electrons. The van der Waals surface area contributed by atoms with E-state index in [0.29, 0.717) is 12.1 Å². The molecule has 0 aliphatic carbocycles.